The zero-order valence-electron chi connectivity index (χ0n) is 12.9. The van der Waals surface area contributed by atoms with Crippen LogP contribution < -0.4 is 10.6 Å². The number of hydrogen-bond acceptors (Lipinski definition) is 3. The Labute approximate surface area is 121 Å². The van der Waals surface area contributed by atoms with Gasteiger partial charge in [-0.05, 0) is 45.4 Å². The van der Waals surface area contributed by atoms with Gasteiger partial charge in [0.05, 0.1) is 5.92 Å². The second-order valence-corrected chi connectivity index (χ2v) is 5.43. The summed E-state index contributed by atoms with van der Waals surface area (Å²) in [5, 5.41) is 5.68. The molecule has 1 aliphatic rings. The summed E-state index contributed by atoms with van der Waals surface area (Å²) >= 11 is 0. The quantitative estimate of drug-likeness (QED) is 0.737. The molecule has 0 radical (unpaired) electrons. The summed E-state index contributed by atoms with van der Waals surface area (Å²) in [4.78, 5) is 23.3. The Hall–Kier alpha value is -1.26. The van der Waals surface area contributed by atoms with E-state index in [9.17, 15) is 9.59 Å². The second-order valence-electron chi connectivity index (χ2n) is 5.43. The largest absolute Gasteiger partial charge is 0.462 e. The van der Waals surface area contributed by atoms with Gasteiger partial charge in [-0.25, -0.2) is 4.79 Å². The van der Waals surface area contributed by atoms with Gasteiger partial charge in [0.25, 0.3) is 0 Å². The van der Waals surface area contributed by atoms with Crippen molar-refractivity contribution in [3.05, 3.63) is 0 Å². The molecule has 0 atom stereocenters. The maximum atomic E-state index is 11.9. The van der Waals surface area contributed by atoms with Gasteiger partial charge in [0.2, 0.25) is 0 Å². The summed E-state index contributed by atoms with van der Waals surface area (Å²) in [6.07, 6.45) is 5.12. The summed E-state index contributed by atoms with van der Waals surface area (Å²) in [6.45, 7) is 6.56. The Morgan fingerprint density at radius 2 is 1.70 bits per heavy atom. The van der Waals surface area contributed by atoms with E-state index in [1.165, 1.54) is 0 Å². The number of ether oxygens (including phenoxy) is 1. The Morgan fingerprint density at radius 3 is 2.20 bits per heavy atom. The van der Waals surface area contributed by atoms with E-state index in [1.807, 2.05) is 20.8 Å². The summed E-state index contributed by atoms with van der Waals surface area (Å²) < 4.78 is 5.57. The van der Waals surface area contributed by atoms with E-state index in [1.54, 1.807) is 0 Å². The van der Waals surface area contributed by atoms with Crippen LogP contribution in [0.15, 0.2) is 0 Å². The number of carbonyl (C=O) groups is 2. The van der Waals surface area contributed by atoms with Crippen molar-refractivity contribution in [2.75, 3.05) is 6.54 Å². The highest BCUT2D eigenvalue weighted by atomic mass is 16.5. The van der Waals surface area contributed by atoms with Crippen molar-refractivity contribution in [1.29, 1.82) is 0 Å². The van der Waals surface area contributed by atoms with Crippen molar-refractivity contribution in [3.8, 4) is 0 Å². The van der Waals surface area contributed by atoms with Crippen molar-refractivity contribution < 1.29 is 14.3 Å². The minimum absolute atomic E-state index is 0.0235. The Balaban J connectivity index is 2.28. The minimum Gasteiger partial charge on any atom is -0.462 e. The topological polar surface area (TPSA) is 67.4 Å². The van der Waals surface area contributed by atoms with Crippen molar-refractivity contribution in [3.63, 3.8) is 0 Å². The van der Waals surface area contributed by atoms with Crippen LogP contribution in [0.3, 0.4) is 0 Å². The fourth-order valence-corrected chi connectivity index (χ4v) is 2.60. The van der Waals surface area contributed by atoms with Crippen LogP contribution in [0.25, 0.3) is 0 Å². The molecule has 20 heavy (non-hydrogen) atoms. The predicted octanol–water partition coefficient (Wildman–Crippen LogP) is 2.60. The fraction of sp³-hybridized carbons (Fsp3) is 0.867. The first-order chi connectivity index (χ1) is 9.60. The maximum absolute atomic E-state index is 11.9. The first-order valence-corrected chi connectivity index (χ1v) is 7.85. The molecule has 0 heterocycles. The van der Waals surface area contributed by atoms with Crippen LogP contribution in [0.4, 0.5) is 4.79 Å². The number of amides is 2. The van der Waals surface area contributed by atoms with Gasteiger partial charge < -0.3 is 15.4 Å². The number of urea groups is 1. The fourth-order valence-electron chi connectivity index (χ4n) is 2.60. The molecule has 116 valence electrons. The number of rotatable bonds is 6. The van der Waals surface area contributed by atoms with Crippen molar-refractivity contribution in [1.82, 2.24) is 10.6 Å². The molecule has 0 aromatic carbocycles. The molecule has 1 aliphatic carbocycles. The summed E-state index contributed by atoms with van der Waals surface area (Å²) in [5.41, 5.74) is 0. The number of nitrogens with one attached hydrogen (secondary N) is 2. The zero-order chi connectivity index (χ0) is 15.0. The van der Waals surface area contributed by atoms with Gasteiger partial charge in [0.1, 0.15) is 6.10 Å². The molecular weight excluding hydrogens is 256 g/mol. The molecule has 0 spiro atoms. The highest BCUT2D eigenvalue weighted by Gasteiger charge is 2.26. The van der Waals surface area contributed by atoms with E-state index < -0.39 is 0 Å². The van der Waals surface area contributed by atoms with Crippen LogP contribution in [-0.4, -0.2) is 30.7 Å². The molecule has 0 aromatic rings. The molecule has 1 fully saturated rings. The lowest BCUT2D eigenvalue weighted by molar-refractivity contribution is -0.156. The smallest absolute Gasteiger partial charge is 0.314 e. The Kier molecular flexibility index (Phi) is 7.41. The van der Waals surface area contributed by atoms with Gasteiger partial charge in [0, 0.05) is 12.6 Å². The Bertz CT molecular complexity index is 308. The van der Waals surface area contributed by atoms with Crippen molar-refractivity contribution in [2.24, 2.45) is 5.92 Å². The van der Waals surface area contributed by atoms with Gasteiger partial charge >= 0.3 is 12.0 Å². The average molecular weight is 284 g/mol. The third-order valence-electron chi connectivity index (χ3n) is 3.95. The van der Waals surface area contributed by atoms with Crippen LogP contribution in [0.1, 0.15) is 59.3 Å². The molecule has 2 N–H and O–H groups in total. The lowest BCUT2D eigenvalue weighted by Gasteiger charge is -2.29. The molecule has 0 aromatic heterocycles. The SMILES string of the molecule is CCNC(=O)NC1CCC(OC(=O)C(CC)CC)CC1. The van der Waals surface area contributed by atoms with Gasteiger partial charge in [-0.3, -0.25) is 4.79 Å². The summed E-state index contributed by atoms with van der Waals surface area (Å²) in [5.74, 6) is -0.0312. The van der Waals surface area contributed by atoms with Gasteiger partial charge in [-0.15, -0.1) is 0 Å². The molecule has 1 rings (SSSR count). The average Bonchev–Trinajstić information content (AvgIpc) is 2.42. The van der Waals surface area contributed by atoms with E-state index in [4.69, 9.17) is 4.74 Å². The maximum Gasteiger partial charge on any atom is 0.314 e. The highest BCUT2D eigenvalue weighted by Crippen LogP contribution is 2.23. The van der Waals surface area contributed by atoms with Crippen molar-refractivity contribution in [2.45, 2.75) is 71.4 Å². The van der Waals surface area contributed by atoms with E-state index in [0.717, 1.165) is 38.5 Å². The van der Waals surface area contributed by atoms with Gasteiger partial charge in [-0.2, -0.15) is 0 Å². The molecule has 0 bridgehead atoms. The normalized spacial score (nSPS) is 22.4. The number of esters is 1. The predicted molar refractivity (Wildman–Crippen MR) is 78.4 cm³/mol. The molecule has 0 saturated heterocycles. The van der Waals surface area contributed by atoms with Crippen LogP contribution in [-0.2, 0) is 9.53 Å². The third kappa shape index (κ3) is 5.39. The highest BCUT2D eigenvalue weighted by molar-refractivity contribution is 5.74. The van der Waals surface area contributed by atoms with Gasteiger partial charge in [-0.1, -0.05) is 13.8 Å². The Morgan fingerprint density at radius 1 is 1.10 bits per heavy atom. The number of carbonyl (C=O) groups excluding carboxylic acids is 2. The van der Waals surface area contributed by atoms with Crippen LogP contribution in [0.2, 0.25) is 0 Å². The summed E-state index contributed by atoms with van der Waals surface area (Å²) in [7, 11) is 0. The lowest BCUT2D eigenvalue weighted by atomic mass is 9.93. The lowest BCUT2D eigenvalue weighted by Crippen LogP contribution is -2.44. The number of hydrogen-bond donors (Lipinski definition) is 2. The zero-order valence-corrected chi connectivity index (χ0v) is 12.9. The van der Waals surface area contributed by atoms with Crippen molar-refractivity contribution >= 4 is 12.0 Å². The van der Waals surface area contributed by atoms with Crippen LogP contribution in [0.5, 0.6) is 0 Å². The third-order valence-corrected chi connectivity index (χ3v) is 3.95. The van der Waals surface area contributed by atoms with E-state index in [-0.39, 0.29) is 30.1 Å². The first kappa shape index (κ1) is 16.8. The van der Waals surface area contributed by atoms with E-state index in [0.29, 0.717) is 6.54 Å². The first-order valence-electron chi connectivity index (χ1n) is 7.85. The molecule has 0 aliphatic heterocycles. The van der Waals surface area contributed by atoms with Crippen LogP contribution in [0, 0.1) is 5.92 Å². The molecule has 5 nitrogen and oxygen atoms in total. The van der Waals surface area contributed by atoms with E-state index >= 15 is 0 Å². The molecule has 2 amide bonds. The molecular formula is C15H28N2O3. The van der Waals surface area contributed by atoms with Gasteiger partial charge in [0.15, 0.2) is 0 Å². The minimum atomic E-state index is -0.107. The monoisotopic (exact) mass is 284 g/mol. The molecule has 0 unspecified atom stereocenters. The van der Waals surface area contributed by atoms with Crippen LogP contribution >= 0.6 is 0 Å². The molecule has 5 heteroatoms. The summed E-state index contributed by atoms with van der Waals surface area (Å²) in [6, 6.07) is 0.0922. The second kappa shape index (κ2) is 8.82. The molecule has 1 saturated carbocycles. The standard InChI is InChI=1S/C15H28N2O3/c1-4-11(5-2)14(18)20-13-9-7-12(8-10-13)17-15(19)16-6-3/h11-13H,4-10H2,1-3H3,(H2,16,17,19). The van der Waals surface area contributed by atoms with E-state index in [2.05, 4.69) is 10.6 Å².